The molecule has 3 saturated carbocycles. The number of hydrogen-bond donors (Lipinski definition) is 0. The summed E-state index contributed by atoms with van der Waals surface area (Å²) in [7, 11) is 0. The molecule has 24 heavy (non-hydrogen) atoms. The molecule has 2 nitrogen and oxygen atoms in total. The van der Waals surface area contributed by atoms with Crippen LogP contribution in [0.5, 0.6) is 0 Å². The normalized spacial score (nSPS) is 51.3. The van der Waals surface area contributed by atoms with Gasteiger partial charge in [0.1, 0.15) is 0 Å². The molecule has 2 saturated heterocycles. The molecule has 1 aromatic carbocycles. The Bertz CT molecular complexity index is 678. The SMILES string of the molecule is c1ccc2c(c1)C1C3[C@@H]1[C@]1(N4CCCC4)CC[C@@]3(N3CCCC3)C21. The molecule has 0 spiro atoms. The van der Waals surface area contributed by atoms with E-state index in [2.05, 4.69) is 34.1 Å². The monoisotopic (exact) mass is 320 g/mol. The van der Waals surface area contributed by atoms with E-state index in [-0.39, 0.29) is 0 Å². The van der Waals surface area contributed by atoms with Crippen LogP contribution in [-0.4, -0.2) is 47.1 Å². The molecule has 2 aliphatic heterocycles. The fourth-order valence-electron chi connectivity index (χ4n) is 8.77. The summed E-state index contributed by atoms with van der Waals surface area (Å²) in [5.41, 5.74) is 4.61. The van der Waals surface area contributed by atoms with Gasteiger partial charge in [0.15, 0.2) is 0 Å². The second kappa shape index (κ2) is 4.10. The molecule has 126 valence electrons. The van der Waals surface area contributed by atoms with Crippen LogP contribution in [-0.2, 0) is 0 Å². The number of benzene rings is 1. The first kappa shape index (κ1) is 13.4. The first-order chi connectivity index (χ1) is 11.9. The van der Waals surface area contributed by atoms with E-state index in [9.17, 15) is 0 Å². The summed E-state index contributed by atoms with van der Waals surface area (Å²) < 4.78 is 0. The molecule has 6 atom stereocenters. The zero-order chi connectivity index (χ0) is 15.5. The summed E-state index contributed by atoms with van der Waals surface area (Å²) in [5, 5.41) is 0. The molecule has 5 aliphatic carbocycles. The summed E-state index contributed by atoms with van der Waals surface area (Å²) >= 11 is 0. The molecule has 2 heteroatoms. The Morgan fingerprint density at radius 1 is 0.708 bits per heavy atom. The summed E-state index contributed by atoms with van der Waals surface area (Å²) in [4.78, 5) is 5.99. The second-order valence-corrected chi connectivity index (χ2v) is 9.51. The predicted molar refractivity (Wildman–Crippen MR) is 95.2 cm³/mol. The quantitative estimate of drug-likeness (QED) is 0.822. The van der Waals surface area contributed by atoms with Gasteiger partial charge >= 0.3 is 0 Å². The molecule has 7 aliphatic rings. The minimum absolute atomic E-state index is 0.544. The van der Waals surface area contributed by atoms with E-state index >= 15 is 0 Å². The van der Waals surface area contributed by atoms with Gasteiger partial charge in [0, 0.05) is 17.0 Å². The van der Waals surface area contributed by atoms with Gasteiger partial charge in [0.25, 0.3) is 0 Å². The standard InChI is InChI=1S/C22H28N2/c1-2-8-16-15(7-1)17-18-19(17)22(24-13-5-6-14-24)10-9-21(18,20(16)22)23-11-3-4-12-23/h1-2,7-8,17-20H,3-6,9-14H2/t17?,18-,19?,20?,21-,22+/m1/s1. The fraction of sp³-hybridized carbons (Fsp3) is 0.727. The lowest BCUT2D eigenvalue weighted by atomic mass is 9.65. The number of rotatable bonds is 2. The molecule has 1 aromatic rings. The molecule has 0 amide bonds. The van der Waals surface area contributed by atoms with Gasteiger partial charge in [-0.15, -0.1) is 0 Å². The van der Waals surface area contributed by atoms with Crippen molar-refractivity contribution in [3.05, 3.63) is 35.4 Å². The summed E-state index contributed by atoms with van der Waals surface area (Å²) in [6, 6.07) is 9.62. The molecule has 8 rings (SSSR count). The minimum Gasteiger partial charge on any atom is -0.297 e. The van der Waals surface area contributed by atoms with Crippen molar-refractivity contribution in [3.8, 4) is 0 Å². The summed E-state index contributed by atoms with van der Waals surface area (Å²) in [6.45, 7) is 5.52. The summed E-state index contributed by atoms with van der Waals surface area (Å²) in [6.07, 6.45) is 8.73. The molecule has 5 fully saturated rings. The van der Waals surface area contributed by atoms with Gasteiger partial charge in [-0.05, 0) is 93.6 Å². The number of nitrogens with zero attached hydrogens (tertiary/aromatic N) is 2. The highest BCUT2D eigenvalue weighted by Crippen LogP contribution is 2.86. The lowest BCUT2D eigenvalue weighted by Gasteiger charge is -2.51. The Labute approximate surface area is 145 Å². The van der Waals surface area contributed by atoms with Crippen LogP contribution in [0, 0.1) is 11.8 Å². The smallest absolute Gasteiger partial charge is 0.0334 e. The minimum atomic E-state index is 0.544. The highest BCUT2D eigenvalue weighted by molar-refractivity contribution is 5.59. The molecule has 2 heterocycles. The Morgan fingerprint density at radius 2 is 1.21 bits per heavy atom. The molecule has 0 N–H and O–H groups in total. The first-order valence-electron chi connectivity index (χ1n) is 10.5. The third kappa shape index (κ3) is 1.18. The van der Waals surface area contributed by atoms with E-state index in [1.165, 1.54) is 64.7 Å². The van der Waals surface area contributed by atoms with E-state index in [1.807, 2.05) is 0 Å². The van der Waals surface area contributed by atoms with Gasteiger partial charge in [-0.2, -0.15) is 0 Å². The zero-order valence-corrected chi connectivity index (χ0v) is 14.6. The van der Waals surface area contributed by atoms with Crippen LogP contribution >= 0.6 is 0 Å². The average Bonchev–Trinajstić information content (AvgIpc) is 3.12. The molecule has 6 bridgehead atoms. The van der Waals surface area contributed by atoms with Gasteiger partial charge in [0.2, 0.25) is 0 Å². The van der Waals surface area contributed by atoms with Crippen molar-refractivity contribution < 1.29 is 0 Å². The van der Waals surface area contributed by atoms with Crippen LogP contribution in [0.25, 0.3) is 0 Å². The maximum atomic E-state index is 3.00. The Kier molecular flexibility index (Phi) is 2.28. The van der Waals surface area contributed by atoms with E-state index in [0.717, 1.165) is 23.7 Å². The largest absolute Gasteiger partial charge is 0.297 e. The lowest BCUT2D eigenvalue weighted by Crippen LogP contribution is -2.57. The third-order valence-corrected chi connectivity index (χ3v) is 9.16. The van der Waals surface area contributed by atoms with Gasteiger partial charge in [-0.3, -0.25) is 9.80 Å². The topological polar surface area (TPSA) is 6.48 Å². The van der Waals surface area contributed by atoms with Gasteiger partial charge < -0.3 is 0 Å². The van der Waals surface area contributed by atoms with Crippen molar-refractivity contribution in [3.63, 3.8) is 0 Å². The van der Waals surface area contributed by atoms with Crippen molar-refractivity contribution >= 4 is 0 Å². The van der Waals surface area contributed by atoms with Gasteiger partial charge in [-0.25, -0.2) is 0 Å². The number of hydrogen-bond acceptors (Lipinski definition) is 2. The van der Waals surface area contributed by atoms with Crippen molar-refractivity contribution in [1.82, 2.24) is 9.80 Å². The van der Waals surface area contributed by atoms with E-state index in [0.29, 0.717) is 11.1 Å². The molecule has 0 radical (unpaired) electrons. The third-order valence-electron chi connectivity index (χ3n) is 9.16. The van der Waals surface area contributed by atoms with Crippen LogP contribution in [0.4, 0.5) is 0 Å². The maximum absolute atomic E-state index is 3.00. The molecular formula is C22H28N2. The second-order valence-electron chi connectivity index (χ2n) is 9.51. The van der Waals surface area contributed by atoms with E-state index in [4.69, 9.17) is 0 Å². The zero-order valence-electron chi connectivity index (χ0n) is 14.6. The van der Waals surface area contributed by atoms with Crippen LogP contribution in [0.2, 0.25) is 0 Å². The number of likely N-dealkylation sites (tertiary alicyclic amines) is 2. The Balaban J connectivity index is 1.47. The van der Waals surface area contributed by atoms with Crippen LogP contribution < -0.4 is 0 Å². The highest BCUT2D eigenvalue weighted by atomic mass is 15.3. The van der Waals surface area contributed by atoms with Crippen LogP contribution in [0.1, 0.15) is 61.5 Å². The maximum Gasteiger partial charge on any atom is 0.0334 e. The van der Waals surface area contributed by atoms with Gasteiger partial charge in [0.05, 0.1) is 0 Å². The van der Waals surface area contributed by atoms with Crippen molar-refractivity contribution in [2.45, 2.75) is 61.4 Å². The first-order valence-corrected chi connectivity index (χ1v) is 10.5. The van der Waals surface area contributed by atoms with Gasteiger partial charge in [-0.1, -0.05) is 24.3 Å². The Hall–Kier alpha value is -0.860. The molecule has 3 unspecified atom stereocenters. The predicted octanol–water partition coefficient (Wildman–Crippen LogP) is 3.59. The molecule has 0 aromatic heterocycles. The highest BCUT2D eigenvalue weighted by Gasteiger charge is 2.87. The fourth-order valence-corrected chi connectivity index (χ4v) is 8.77. The van der Waals surface area contributed by atoms with Crippen molar-refractivity contribution in [2.75, 3.05) is 26.2 Å². The Morgan fingerprint density at radius 3 is 1.75 bits per heavy atom. The average molecular weight is 320 g/mol. The van der Waals surface area contributed by atoms with E-state index < -0.39 is 0 Å². The van der Waals surface area contributed by atoms with Crippen molar-refractivity contribution in [1.29, 1.82) is 0 Å². The van der Waals surface area contributed by atoms with Crippen molar-refractivity contribution in [2.24, 2.45) is 11.8 Å². The van der Waals surface area contributed by atoms with Crippen LogP contribution in [0.3, 0.4) is 0 Å². The van der Waals surface area contributed by atoms with E-state index in [1.54, 1.807) is 11.1 Å². The lowest BCUT2D eigenvalue weighted by molar-refractivity contribution is 0.0539. The van der Waals surface area contributed by atoms with Crippen LogP contribution in [0.15, 0.2) is 24.3 Å². The summed E-state index contributed by atoms with van der Waals surface area (Å²) in [5.74, 6) is 3.70. The molecular weight excluding hydrogens is 292 g/mol.